The SMILES string of the molecule is Cc1nc2ccc(N3C[C@H](C(=O)O)CC3=O)cc2s1. The highest BCUT2D eigenvalue weighted by Crippen LogP contribution is 2.30. The molecule has 0 bridgehead atoms. The number of carbonyl (C=O) groups is 2. The molecular weight excluding hydrogens is 264 g/mol. The van der Waals surface area contributed by atoms with Gasteiger partial charge in [-0.05, 0) is 25.1 Å². The van der Waals surface area contributed by atoms with E-state index >= 15 is 0 Å². The van der Waals surface area contributed by atoms with E-state index in [-0.39, 0.29) is 18.9 Å². The van der Waals surface area contributed by atoms with E-state index in [2.05, 4.69) is 4.98 Å². The summed E-state index contributed by atoms with van der Waals surface area (Å²) in [5.74, 6) is -1.65. The lowest BCUT2D eigenvalue weighted by molar-refractivity contribution is -0.141. The molecule has 1 fully saturated rings. The van der Waals surface area contributed by atoms with Crippen molar-refractivity contribution >= 4 is 39.1 Å². The Balaban J connectivity index is 1.95. The predicted octanol–water partition coefficient (Wildman–Crippen LogP) is 2.04. The molecule has 1 aromatic heterocycles. The fourth-order valence-electron chi connectivity index (χ4n) is 2.32. The van der Waals surface area contributed by atoms with E-state index in [1.807, 2.05) is 25.1 Å². The maximum atomic E-state index is 11.9. The summed E-state index contributed by atoms with van der Waals surface area (Å²) in [6.45, 7) is 2.18. The molecule has 0 saturated carbocycles. The van der Waals surface area contributed by atoms with Crippen molar-refractivity contribution in [3.63, 3.8) is 0 Å². The Morgan fingerprint density at radius 1 is 1.53 bits per heavy atom. The Morgan fingerprint density at radius 2 is 2.32 bits per heavy atom. The molecule has 1 aliphatic rings. The van der Waals surface area contributed by atoms with Gasteiger partial charge in [-0.2, -0.15) is 0 Å². The van der Waals surface area contributed by atoms with Crippen molar-refractivity contribution in [1.29, 1.82) is 0 Å². The third-order valence-corrected chi connectivity index (χ3v) is 4.20. The first-order valence-corrected chi connectivity index (χ1v) is 6.76. The first-order valence-electron chi connectivity index (χ1n) is 5.95. The number of carbonyl (C=O) groups excluding carboxylic acids is 1. The number of rotatable bonds is 2. The summed E-state index contributed by atoms with van der Waals surface area (Å²) in [6, 6.07) is 5.60. The normalized spacial score (nSPS) is 19.3. The Morgan fingerprint density at radius 3 is 3.00 bits per heavy atom. The van der Waals surface area contributed by atoms with Gasteiger partial charge in [0.05, 0.1) is 21.1 Å². The molecule has 0 radical (unpaired) electrons. The molecule has 3 rings (SSSR count). The van der Waals surface area contributed by atoms with Crippen LogP contribution in [0, 0.1) is 12.8 Å². The molecule has 0 aliphatic carbocycles. The smallest absolute Gasteiger partial charge is 0.308 e. The van der Waals surface area contributed by atoms with Crippen LogP contribution in [0.25, 0.3) is 10.2 Å². The number of hydrogen-bond acceptors (Lipinski definition) is 4. The third kappa shape index (κ3) is 2.08. The van der Waals surface area contributed by atoms with Crippen molar-refractivity contribution in [2.24, 2.45) is 5.92 Å². The van der Waals surface area contributed by atoms with Crippen LogP contribution in [-0.4, -0.2) is 28.5 Å². The quantitative estimate of drug-likeness (QED) is 0.911. The fraction of sp³-hybridized carbons (Fsp3) is 0.308. The summed E-state index contributed by atoms with van der Waals surface area (Å²) in [7, 11) is 0. The zero-order valence-electron chi connectivity index (χ0n) is 10.3. The van der Waals surface area contributed by atoms with Gasteiger partial charge in [0.25, 0.3) is 0 Å². The van der Waals surface area contributed by atoms with Crippen LogP contribution >= 0.6 is 11.3 Å². The molecule has 2 aromatic rings. The number of nitrogens with zero attached hydrogens (tertiary/aromatic N) is 2. The zero-order valence-corrected chi connectivity index (χ0v) is 11.1. The lowest BCUT2D eigenvalue weighted by Crippen LogP contribution is -2.25. The van der Waals surface area contributed by atoms with Crippen LogP contribution in [-0.2, 0) is 9.59 Å². The number of carboxylic acids is 1. The van der Waals surface area contributed by atoms with Gasteiger partial charge in [0, 0.05) is 18.7 Å². The van der Waals surface area contributed by atoms with E-state index in [1.165, 1.54) is 0 Å². The highest BCUT2D eigenvalue weighted by molar-refractivity contribution is 7.18. The summed E-state index contributed by atoms with van der Waals surface area (Å²) < 4.78 is 1.02. The first-order chi connectivity index (χ1) is 9.04. The number of hydrogen-bond donors (Lipinski definition) is 1. The Labute approximate surface area is 113 Å². The summed E-state index contributed by atoms with van der Waals surface area (Å²) in [6.07, 6.45) is 0.0785. The van der Waals surface area contributed by atoms with Crippen LogP contribution < -0.4 is 4.90 Å². The molecule has 98 valence electrons. The largest absolute Gasteiger partial charge is 0.481 e. The lowest BCUT2D eigenvalue weighted by Gasteiger charge is -2.15. The molecule has 6 heteroatoms. The molecule has 1 saturated heterocycles. The second kappa shape index (κ2) is 4.31. The fourth-order valence-corrected chi connectivity index (χ4v) is 3.18. The van der Waals surface area contributed by atoms with Crippen molar-refractivity contribution in [3.8, 4) is 0 Å². The number of aliphatic carboxylic acids is 1. The molecule has 0 spiro atoms. The van der Waals surface area contributed by atoms with Gasteiger partial charge < -0.3 is 10.0 Å². The van der Waals surface area contributed by atoms with Crippen molar-refractivity contribution < 1.29 is 14.7 Å². The van der Waals surface area contributed by atoms with Gasteiger partial charge in [-0.15, -0.1) is 11.3 Å². The molecular formula is C13H12N2O3S. The summed E-state index contributed by atoms with van der Waals surface area (Å²) >= 11 is 1.57. The summed E-state index contributed by atoms with van der Waals surface area (Å²) in [5, 5.41) is 9.96. The highest BCUT2D eigenvalue weighted by atomic mass is 32.1. The Kier molecular flexibility index (Phi) is 2.74. The van der Waals surface area contributed by atoms with E-state index in [0.29, 0.717) is 0 Å². The standard InChI is InChI=1S/C13H12N2O3S/c1-7-14-10-3-2-9(5-11(10)19-7)15-6-8(13(17)18)4-12(15)16/h2-3,5,8H,4,6H2,1H3,(H,17,18)/t8-/m1/s1. The maximum absolute atomic E-state index is 11.9. The van der Waals surface area contributed by atoms with Crippen LogP contribution in [0.3, 0.4) is 0 Å². The predicted molar refractivity (Wildman–Crippen MR) is 72.5 cm³/mol. The van der Waals surface area contributed by atoms with E-state index in [1.54, 1.807) is 16.2 Å². The average Bonchev–Trinajstić information content (AvgIpc) is 2.90. The van der Waals surface area contributed by atoms with Gasteiger partial charge in [-0.3, -0.25) is 9.59 Å². The third-order valence-electron chi connectivity index (χ3n) is 3.26. The second-order valence-electron chi connectivity index (χ2n) is 4.63. The van der Waals surface area contributed by atoms with Gasteiger partial charge in [0.2, 0.25) is 5.91 Å². The van der Waals surface area contributed by atoms with Crippen LogP contribution in [0.1, 0.15) is 11.4 Å². The second-order valence-corrected chi connectivity index (χ2v) is 5.86. The monoisotopic (exact) mass is 276 g/mol. The van der Waals surface area contributed by atoms with Crippen LogP contribution in [0.2, 0.25) is 0 Å². The number of aromatic nitrogens is 1. The number of anilines is 1. The lowest BCUT2D eigenvalue weighted by atomic mass is 10.1. The van der Waals surface area contributed by atoms with E-state index in [0.717, 1.165) is 20.9 Å². The van der Waals surface area contributed by atoms with Gasteiger partial charge in [-0.25, -0.2) is 4.98 Å². The molecule has 1 atom stereocenters. The highest BCUT2D eigenvalue weighted by Gasteiger charge is 2.35. The molecule has 5 nitrogen and oxygen atoms in total. The minimum absolute atomic E-state index is 0.0785. The maximum Gasteiger partial charge on any atom is 0.308 e. The minimum Gasteiger partial charge on any atom is -0.481 e. The number of thiazole rings is 1. The van der Waals surface area contributed by atoms with E-state index < -0.39 is 11.9 Å². The van der Waals surface area contributed by atoms with Crippen molar-refractivity contribution in [2.75, 3.05) is 11.4 Å². The van der Waals surface area contributed by atoms with Gasteiger partial charge in [-0.1, -0.05) is 0 Å². The van der Waals surface area contributed by atoms with Crippen molar-refractivity contribution in [3.05, 3.63) is 23.2 Å². The number of benzene rings is 1. The van der Waals surface area contributed by atoms with Crippen molar-refractivity contribution in [1.82, 2.24) is 4.98 Å². The number of aryl methyl sites for hydroxylation is 1. The Bertz CT molecular complexity index is 680. The molecule has 1 aliphatic heterocycles. The molecule has 1 N–H and O–H groups in total. The number of carboxylic acid groups (broad SMARTS) is 1. The van der Waals surface area contributed by atoms with Crippen molar-refractivity contribution in [2.45, 2.75) is 13.3 Å². The van der Waals surface area contributed by atoms with Crippen LogP contribution in [0.15, 0.2) is 18.2 Å². The summed E-state index contributed by atoms with van der Waals surface area (Å²) in [4.78, 5) is 28.7. The minimum atomic E-state index is -0.912. The summed E-state index contributed by atoms with van der Waals surface area (Å²) in [5.41, 5.74) is 1.66. The first kappa shape index (κ1) is 12.1. The Hall–Kier alpha value is -1.95. The number of amides is 1. The topological polar surface area (TPSA) is 70.5 Å². The van der Waals surface area contributed by atoms with Gasteiger partial charge in [0.1, 0.15) is 0 Å². The molecule has 0 unspecified atom stereocenters. The molecule has 2 heterocycles. The zero-order chi connectivity index (χ0) is 13.6. The van der Waals surface area contributed by atoms with Gasteiger partial charge >= 0.3 is 5.97 Å². The molecule has 1 amide bonds. The van der Waals surface area contributed by atoms with Gasteiger partial charge in [0.15, 0.2) is 0 Å². The average molecular weight is 276 g/mol. The van der Waals surface area contributed by atoms with E-state index in [4.69, 9.17) is 5.11 Å². The molecule has 1 aromatic carbocycles. The van der Waals surface area contributed by atoms with Crippen LogP contribution in [0.5, 0.6) is 0 Å². The van der Waals surface area contributed by atoms with E-state index in [9.17, 15) is 9.59 Å². The van der Waals surface area contributed by atoms with Crippen LogP contribution in [0.4, 0.5) is 5.69 Å². The number of fused-ring (bicyclic) bond motifs is 1. The molecule has 19 heavy (non-hydrogen) atoms.